The molecule has 2 N–H and O–H groups in total. The summed E-state index contributed by atoms with van der Waals surface area (Å²) in [6, 6.07) is 7.89. The molecule has 4 nitrogen and oxygen atoms in total. The first kappa shape index (κ1) is 19.5. The van der Waals surface area contributed by atoms with Gasteiger partial charge in [-0.2, -0.15) is 0 Å². The molecule has 2 atom stereocenters. The molecular weight excluding hydrogens is 347 g/mol. The topological polar surface area (TPSA) is 50.4 Å². The van der Waals surface area contributed by atoms with Gasteiger partial charge in [-0.1, -0.05) is 43.0 Å². The summed E-state index contributed by atoms with van der Waals surface area (Å²) in [5.74, 6) is 0.454. The molecule has 2 unspecified atom stereocenters. The van der Waals surface area contributed by atoms with Crippen LogP contribution >= 0.6 is 24.0 Å². The first-order chi connectivity index (χ1) is 11.2. The highest BCUT2D eigenvalue weighted by Gasteiger charge is 2.30. The average Bonchev–Trinajstić information content (AvgIpc) is 2.61. The van der Waals surface area contributed by atoms with Gasteiger partial charge in [-0.3, -0.25) is 4.79 Å². The van der Waals surface area contributed by atoms with E-state index >= 15 is 0 Å². The van der Waals surface area contributed by atoms with Gasteiger partial charge in [0.05, 0.1) is 12.6 Å². The lowest BCUT2D eigenvalue weighted by Crippen LogP contribution is -2.49. The molecule has 1 aromatic rings. The minimum atomic E-state index is -0.394. The van der Waals surface area contributed by atoms with Gasteiger partial charge < -0.3 is 15.4 Å². The van der Waals surface area contributed by atoms with Gasteiger partial charge in [-0.15, -0.1) is 12.4 Å². The van der Waals surface area contributed by atoms with Crippen LogP contribution in [0.15, 0.2) is 24.3 Å². The van der Waals surface area contributed by atoms with Crippen LogP contribution in [0.4, 0.5) is 0 Å². The predicted molar refractivity (Wildman–Crippen MR) is 98.8 cm³/mol. The summed E-state index contributed by atoms with van der Waals surface area (Å²) in [5.41, 5.74) is 1.10. The van der Waals surface area contributed by atoms with E-state index in [4.69, 9.17) is 16.3 Å². The Kier molecular flexibility index (Phi) is 7.82. The molecule has 2 aliphatic rings. The second-order valence-electron chi connectivity index (χ2n) is 6.50. The number of rotatable bonds is 4. The highest BCUT2D eigenvalue weighted by Crippen LogP contribution is 2.35. The molecule has 2 fully saturated rings. The van der Waals surface area contributed by atoms with Crippen molar-refractivity contribution in [1.82, 2.24) is 10.6 Å². The highest BCUT2D eigenvalue weighted by atomic mass is 35.5. The van der Waals surface area contributed by atoms with Gasteiger partial charge in [-0.05, 0) is 36.5 Å². The summed E-state index contributed by atoms with van der Waals surface area (Å²) in [5, 5.41) is 7.16. The third-order valence-corrected chi connectivity index (χ3v) is 5.08. The van der Waals surface area contributed by atoms with Gasteiger partial charge in [0.1, 0.15) is 6.10 Å². The van der Waals surface area contributed by atoms with Gasteiger partial charge in [0.2, 0.25) is 0 Å². The Morgan fingerprint density at radius 2 is 2.08 bits per heavy atom. The molecule has 0 spiro atoms. The Morgan fingerprint density at radius 1 is 1.29 bits per heavy atom. The van der Waals surface area contributed by atoms with Crippen molar-refractivity contribution in [2.75, 3.05) is 19.7 Å². The first-order valence-electron chi connectivity index (χ1n) is 8.62. The minimum Gasteiger partial charge on any atom is -0.366 e. The summed E-state index contributed by atoms with van der Waals surface area (Å²) in [6.07, 6.45) is 5.68. The van der Waals surface area contributed by atoms with E-state index in [1.54, 1.807) is 0 Å². The SMILES string of the molecule is Cl.O=C(NC(c1cccc(Cl)c1)C1CCCCC1)C1CNCCO1. The second-order valence-corrected chi connectivity index (χ2v) is 6.94. The molecular formula is C18H26Cl2N2O2. The average molecular weight is 373 g/mol. The molecule has 134 valence electrons. The maximum atomic E-state index is 12.6. The zero-order chi connectivity index (χ0) is 16.1. The van der Waals surface area contributed by atoms with E-state index in [1.165, 1.54) is 19.3 Å². The molecule has 3 rings (SSSR count). The number of carbonyl (C=O) groups is 1. The Labute approximate surface area is 155 Å². The van der Waals surface area contributed by atoms with E-state index in [0.717, 1.165) is 24.9 Å². The second kappa shape index (κ2) is 9.62. The largest absolute Gasteiger partial charge is 0.366 e. The third-order valence-electron chi connectivity index (χ3n) is 4.85. The van der Waals surface area contributed by atoms with Crippen molar-refractivity contribution < 1.29 is 9.53 Å². The summed E-state index contributed by atoms with van der Waals surface area (Å²) >= 11 is 6.17. The van der Waals surface area contributed by atoms with E-state index in [1.807, 2.05) is 18.2 Å². The fraction of sp³-hybridized carbons (Fsp3) is 0.611. The van der Waals surface area contributed by atoms with Crippen LogP contribution in [0.25, 0.3) is 0 Å². The van der Waals surface area contributed by atoms with Crippen molar-refractivity contribution in [3.05, 3.63) is 34.9 Å². The molecule has 0 radical (unpaired) electrons. The lowest BCUT2D eigenvalue weighted by molar-refractivity contribution is -0.135. The highest BCUT2D eigenvalue weighted by molar-refractivity contribution is 6.30. The number of morpholine rings is 1. The van der Waals surface area contributed by atoms with E-state index in [9.17, 15) is 4.79 Å². The number of nitrogens with one attached hydrogen (secondary N) is 2. The number of benzene rings is 1. The predicted octanol–water partition coefficient (Wildman–Crippen LogP) is 3.49. The number of halogens is 2. The molecule has 1 saturated carbocycles. The van der Waals surface area contributed by atoms with E-state index in [0.29, 0.717) is 24.1 Å². The Bertz CT molecular complexity index is 530. The van der Waals surface area contributed by atoms with Gasteiger partial charge in [0.15, 0.2) is 0 Å². The normalized spacial score (nSPS) is 23.1. The fourth-order valence-electron chi connectivity index (χ4n) is 3.62. The van der Waals surface area contributed by atoms with Crippen LogP contribution in [-0.4, -0.2) is 31.7 Å². The van der Waals surface area contributed by atoms with Crippen molar-refractivity contribution in [2.24, 2.45) is 5.92 Å². The number of ether oxygens (including phenoxy) is 1. The maximum absolute atomic E-state index is 12.6. The van der Waals surface area contributed by atoms with Crippen LogP contribution in [0.2, 0.25) is 5.02 Å². The van der Waals surface area contributed by atoms with Crippen LogP contribution in [-0.2, 0) is 9.53 Å². The summed E-state index contributed by atoms with van der Waals surface area (Å²) in [7, 11) is 0. The van der Waals surface area contributed by atoms with Gasteiger partial charge in [0, 0.05) is 18.1 Å². The van der Waals surface area contributed by atoms with E-state index in [-0.39, 0.29) is 24.4 Å². The van der Waals surface area contributed by atoms with Crippen LogP contribution < -0.4 is 10.6 Å². The van der Waals surface area contributed by atoms with Crippen molar-refractivity contribution in [3.63, 3.8) is 0 Å². The fourth-order valence-corrected chi connectivity index (χ4v) is 3.82. The first-order valence-corrected chi connectivity index (χ1v) is 9.00. The summed E-state index contributed by atoms with van der Waals surface area (Å²) in [6.45, 7) is 1.98. The molecule has 1 aromatic carbocycles. The van der Waals surface area contributed by atoms with E-state index in [2.05, 4.69) is 16.7 Å². The van der Waals surface area contributed by atoms with Gasteiger partial charge in [0.25, 0.3) is 5.91 Å². The lowest BCUT2D eigenvalue weighted by Gasteiger charge is -2.33. The number of amides is 1. The summed E-state index contributed by atoms with van der Waals surface area (Å²) < 4.78 is 5.59. The van der Waals surface area contributed by atoms with Crippen molar-refractivity contribution in [2.45, 2.75) is 44.2 Å². The van der Waals surface area contributed by atoms with Crippen LogP contribution in [0.5, 0.6) is 0 Å². The Morgan fingerprint density at radius 3 is 2.75 bits per heavy atom. The standard InChI is InChI=1S/C18H25ClN2O2.ClH/c19-15-8-4-7-14(11-15)17(13-5-2-1-3-6-13)21-18(22)16-12-20-9-10-23-16;/h4,7-8,11,13,16-17,20H,1-3,5-6,9-10,12H2,(H,21,22);1H. The number of carbonyl (C=O) groups excluding carboxylic acids is 1. The monoisotopic (exact) mass is 372 g/mol. The maximum Gasteiger partial charge on any atom is 0.250 e. The zero-order valence-corrected chi connectivity index (χ0v) is 15.4. The molecule has 1 aliphatic carbocycles. The number of hydrogen-bond acceptors (Lipinski definition) is 3. The minimum absolute atomic E-state index is 0. The van der Waals surface area contributed by atoms with Crippen LogP contribution in [0.1, 0.15) is 43.7 Å². The van der Waals surface area contributed by atoms with Gasteiger partial charge in [-0.25, -0.2) is 0 Å². The van der Waals surface area contributed by atoms with Crippen LogP contribution in [0, 0.1) is 5.92 Å². The van der Waals surface area contributed by atoms with Crippen LogP contribution in [0.3, 0.4) is 0 Å². The van der Waals surface area contributed by atoms with E-state index < -0.39 is 6.10 Å². The smallest absolute Gasteiger partial charge is 0.250 e. The third kappa shape index (κ3) is 5.09. The zero-order valence-electron chi connectivity index (χ0n) is 13.8. The molecule has 0 bridgehead atoms. The quantitative estimate of drug-likeness (QED) is 0.850. The molecule has 0 aromatic heterocycles. The van der Waals surface area contributed by atoms with Gasteiger partial charge >= 0.3 is 0 Å². The number of hydrogen-bond donors (Lipinski definition) is 2. The Balaban J connectivity index is 0.00000208. The molecule has 24 heavy (non-hydrogen) atoms. The molecule has 1 aliphatic heterocycles. The summed E-state index contributed by atoms with van der Waals surface area (Å²) in [4.78, 5) is 12.6. The molecule has 1 saturated heterocycles. The van der Waals surface area contributed by atoms with Crippen molar-refractivity contribution in [1.29, 1.82) is 0 Å². The Hall–Kier alpha value is -0.810. The van der Waals surface area contributed by atoms with Crippen molar-refractivity contribution in [3.8, 4) is 0 Å². The lowest BCUT2D eigenvalue weighted by atomic mass is 9.81. The molecule has 1 amide bonds. The molecule has 1 heterocycles. The molecule has 6 heteroatoms. The van der Waals surface area contributed by atoms with Crippen molar-refractivity contribution >= 4 is 29.9 Å².